The molecule has 0 fully saturated rings. The van der Waals surface area contributed by atoms with Gasteiger partial charge in [-0.25, -0.2) is 4.79 Å². The average Bonchev–Trinajstić information content (AvgIpc) is 2.57. The van der Waals surface area contributed by atoms with E-state index in [9.17, 15) is 19.7 Å². The van der Waals surface area contributed by atoms with Gasteiger partial charge >= 0.3 is 5.97 Å². The van der Waals surface area contributed by atoms with Gasteiger partial charge in [0.25, 0.3) is 11.6 Å². The Labute approximate surface area is 144 Å². The minimum atomic E-state index is -1.10. The summed E-state index contributed by atoms with van der Waals surface area (Å²) in [6, 6.07) is 11.0. The summed E-state index contributed by atoms with van der Waals surface area (Å²) in [5.74, 6) is -1.26. The molecule has 0 saturated carbocycles. The summed E-state index contributed by atoms with van der Waals surface area (Å²) in [7, 11) is 0. The van der Waals surface area contributed by atoms with Crippen molar-refractivity contribution in [1.82, 2.24) is 0 Å². The Hall–Kier alpha value is -3.22. The van der Waals surface area contributed by atoms with Gasteiger partial charge < -0.3 is 10.1 Å². The molecule has 2 rings (SSSR count). The lowest BCUT2D eigenvalue weighted by Crippen LogP contribution is -2.30. The predicted octanol–water partition coefficient (Wildman–Crippen LogP) is 3.40. The van der Waals surface area contributed by atoms with Crippen molar-refractivity contribution in [2.45, 2.75) is 26.9 Å². The van der Waals surface area contributed by atoms with Gasteiger partial charge in [-0.05, 0) is 44.0 Å². The number of anilines is 1. The molecule has 0 spiro atoms. The molecule has 2 aromatic rings. The highest BCUT2D eigenvalue weighted by molar-refractivity contribution is 5.99. The Bertz CT molecular complexity index is 832. The molecular formula is C18H18N2O5. The Balaban J connectivity index is 2.09. The van der Waals surface area contributed by atoms with Crippen LogP contribution in [0.2, 0.25) is 0 Å². The Morgan fingerprint density at radius 2 is 1.80 bits per heavy atom. The first-order valence-electron chi connectivity index (χ1n) is 7.62. The summed E-state index contributed by atoms with van der Waals surface area (Å²) in [5.41, 5.74) is 1.91. The fraction of sp³-hybridized carbons (Fsp3) is 0.222. The van der Waals surface area contributed by atoms with Crippen molar-refractivity contribution in [3.05, 3.63) is 69.3 Å². The van der Waals surface area contributed by atoms with Crippen LogP contribution < -0.4 is 5.32 Å². The van der Waals surface area contributed by atoms with E-state index in [0.29, 0.717) is 5.56 Å². The summed E-state index contributed by atoms with van der Waals surface area (Å²) in [5, 5.41) is 13.4. The van der Waals surface area contributed by atoms with Crippen molar-refractivity contribution in [2.24, 2.45) is 0 Å². The monoisotopic (exact) mass is 342 g/mol. The molecule has 25 heavy (non-hydrogen) atoms. The lowest BCUT2D eigenvalue weighted by molar-refractivity contribution is -0.383. The number of esters is 1. The molecule has 7 nitrogen and oxygen atoms in total. The predicted molar refractivity (Wildman–Crippen MR) is 92.5 cm³/mol. The number of ether oxygens (including phenoxy) is 1. The van der Waals surface area contributed by atoms with Crippen LogP contribution in [0.5, 0.6) is 0 Å². The number of rotatable bonds is 5. The maximum atomic E-state index is 12.2. The van der Waals surface area contributed by atoms with Crippen LogP contribution in [0.15, 0.2) is 42.5 Å². The van der Waals surface area contributed by atoms with E-state index in [1.54, 1.807) is 25.1 Å². The summed E-state index contributed by atoms with van der Waals surface area (Å²) >= 11 is 0. The third kappa shape index (κ3) is 4.20. The molecule has 7 heteroatoms. The minimum absolute atomic E-state index is 0.0483. The molecule has 0 radical (unpaired) electrons. The molecule has 0 unspecified atom stereocenters. The van der Waals surface area contributed by atoms with Crippen LogP contribution in [-0.2, 0) is 9.53 Å². The number of aryl methyl sites for hydroxylation is 1. The molecule has 0 aromatic heterocycles. The molecule has 0 bridgehead atoms. The van der Waals surface area contributed by atoms with Gasteiger partial charge in [-0.2, -0.15) is 0 Å². The summed E-state index contributed by atoms with van der Waals surface area (Å²) in [6.07, 6.45) is -1.10. The molecular weight excluding hydrogens is 324 g/mol. The fourth-order valence-electron chi connectivity index (χ4n) is 2.22. The van der Waals surface area contributed by atoms with Crippen LogP contribution in [0.4, 0.5) is 11.4 Å². The maximum absolute atomic E-state index is 12.2. The Morgan fingerprint density at radius 3 is 2.48 bits per heavy atom. The number of nitro groups is 1. The van der Waals surface area contributed by atoms with Crippen LogP contribution in [0.3, 0.4) is 0 Å². The van der Waals surface area contributed by atoms with Gasteiger partial charge in [0, 0.05) is 6.07 Å². The van der Waals surface area contributed by atoms with Crippen LogP contribution in [0.25, 0.3) is 0 Å². The normalized spacial score (nSPS) is 11.5. The lowest BCUT2D eigenvalue weighted by atomic mass is 10.0. The zero-order valence-corrected chi connectivity index (χ0v) is 14.1. The molecule has 0 heterocycles. The smallest absolute Gasteiger partial charge is 0.339 e. The number of amides is 1. The van der Waals surface area contributed by atoms with E-state index < -0.39 is 22.9 Å². The first kappa shape index (κ1) is 18.1. The topological polar surface area (TPSA) is 98.5 Å². The Kier molecular flexibility index (Phi) is 5.49. The highest BCUT2D eigenvalue weighted by atomic mass is 16.6. The summed E-state index contributed by atoms with van der Waals surface area (Å²) in [4.78, 5) is 34.8. The number of nitro benzene ring substituents is 1. The van der Waals surface area contributed by atoms with E-state index in [1.807, 2.05) is 13.0 Å². The van der Waals surface area contributed by atoms with E-state index in [1.165, 1.54) is 25.1 Å². The molecule has 1 atom stereocenters. The molecule has 2 aromatic carbocycles. The zero-order chi connectivity index (χ0) is 18.6. The van der Waals surface area contributed by atoms with Gasteiger partial charge in [-0.3, -0.25) is 14.9 Å². The average molecular weight is 342 g/mol. The van der Waals surface area contributed by atoms with Crippen LogP contribution in [-0.4, -0.2) is 22.9 Å². The zero-order valence-electron chi connectivity index (χ0n) is 14.1. The van der Waals surface area contributed by atoms with E-state index in [4.69, 9.17) is 4.74 Å². The van der Waals surface area contributed by atoms with Crippen molar-refractivity contribution in [3.63, 3.8) is 0 Å². The highest BCUT2D eigenvalue weighted by Crippen LogP contribution is 2.23. The third-order valence-corrected chi connectivity index (χ3v) is 3.84. The second-order valence-corrected chi connectivity index (χ2v) is 5.56. The van der Waals surface area contributed by atoms with Crippen molar-refractivity contribution < 1.29 is 19.2 Å². The number of para-hydroxylation sites is 2. The number of hydrogen-bond acceptors (Lipinski definition) is 5. The van der Waals surface area contributed by atoms with Crippen molar-refractivity contribution in [1.29, 1.82) is 0 Å². The van der Waals surface area contributed by atoms with E-state index in [-0.39, 0.29) is 11.4 Å². The van der Waals surface area contributed by atoms with Gasteiger partial charge in [-0.15, -0.1) is 0 Å². The molecule has 0 aliphatic heterocycles. The number of benzene rings is 2. The third-order valence-electron chi connectivity index (χ3n) is 3.84. The quantitative estimate of drug-likeness (QED) is 0.510. The standard InChI is InChI=1S/C18H18N2O5/c1-11-7-6-8-14(12(11)2)18(22)25-13(3)17(21)19-15-9-4-5-10-16(15)20(23)24/h4-10,13H,1-3H3,(H,19,21)/t13-/m1/s1. The van der Waals surface area contributed by atoms with Crippen molar-refractivity contribution >= 4 is 23.3 Å². The minimum Gasteiger partial charge on any atom is -0.449 e. The summed E-state index contributed by atoms with van der Waals surface area (Å²) in [6.45, 7) is 5.08. The lowest BCUT2D eigenvalue weighted by Gasteiger charge is -2.15. The van der Waals surface area contributed by atoms with Crippen LogP contribution >= 0.6 is 0 Å². The molecule has 130 valence electrons. The van der Waals surface area contributed by atoms with Crippen LogP contribution in [0, 0.1) is 24.0 Å². The second kappa shape index (κ2) is 7.57. The number of carbonyl (C=O) groups excluding carboxylic acids is 2. The molecule has 1 amide bonds. The largest absolute Gasteiger partial charge is 0.449 e. The van der Waals surface area contributed by atoms with E-state index in [0.717, 1.165) is 11.1 Å². The number of hydrogen-bond donors (Lipinski definition) is 1. The fourth-order valence-corrected chi connectivity index (χ4v) is 2.22. The number of nitrogens with one attached hydrogen (secondary N) is 1. The Morgan fingerprint density at radius 1 is 1.12 bits per heavy atom. The molecule has 0 aliphatic carbocycles. The van der Waals surface area contributed by atoms with Gasteiger partial charge in [0.1, 0.15) is 5.69 Å². The maximum Gasteiger partial charge on any atom is 0.339 e. The van der Waals surface area contributed by atoms with Crippen molar-refractivity contribution in [2.75, 3.05) is 5.32 Å². The number of nitrogens with zero attached hydrogens (tertiary/aromatic N) is 1. The highest BCUT2D eigenvalue weighted by Gasteiger charge is 2.23. The summed E-state index contributed by atoms with van der Waals surface area (Å²) < 4.78 is 5.19. The second-order valence-electron chi connectivity index (χ2n) is 5.56. The van der Waals surface area contributed by atoms with E-state index in [2.05, 4.69) is 5.32 Å². The van der Waals surface area contributed by atoms with Gasteiger partial charge in [-0.1, -0.05) is 24.3 Å². The molecule has 1 N–H and O–H groups in total. The number of carbonyl (C=O) groups is 2. The molecule has 0 saturated heterocycles. The van der Waals surface area contributed by atoms with Gasteiger partial charge in [0.05, 0.1) is 10.5 Å². The van der Waals surface area contributed by atoms with Crippen LogP contribution in [0.1, 0.15) is 28.4 Å². The first-order valence-corrected chi connectivity index (χ1v) is 7.62. The van der Waals surface area contributed by atoms with Crippen molar-refractivity contribution in [3.8, 4) is 0 Å². The van der Waals surface area contributed by atoms with E-state index >= 15 is 0 Å². The van der Waals surface area contributed by atoms with Gasteiger partial charge in [0.15, 0.2) is 6.10 Å². The molecule has 0 aliphatic rings. The van der Waals surface area contributed by atoms with Gasteiger partial charge in [0.2, 0.25) is 0 Å². The SMILES string of the molecule is Cc1cccc(C(=O)O[C@H](C)C(=O)Nc2ccccc2[N+](=O)[O-])c1C. The first-order chi connectivity index (χ1) is 11.8.